The maximum Gasteiger partial charge on any atom is 0.287 e. The maximum atomic E-state index is 12.0. The van der Waals surface area contributed by atoms with Crippen molar-refractivity contribution in [2.75, 3.05) is 26.2 Å². The molecule has 5 nitrogen and oxygen atoms in total. The molecule has 1 aromatic rings. The van der Waals surface area contributed by atoms with Crippen molar-refractivity contribution in [3.05, 3.63) is 23.7 Å². The number of hydrogen-bond donors (Lipinski definition) is 1. The van der Waals surface area contributed by atoms with Crippen LogP contribution >= 0.6 is 0 Å². The Morgan fingerprint density at radius 3 is 2.90 bits per heavy atom. The molecule has 0 spiro atoms. The van der Waals surface area contributed by atoms with Gasteiger partial charge in [-0.2, -0.15) is 0 Å². The van der Waals surface area contributed by atoms with Crippen LogP contribution in [0.2, 0.25) is 0 Å². The zero-order valence-corrected chi connectivity index (χ0v) is 11.8. The van der Waals surface area contributed by atoms with Crippen LogP contribution in [0.5, 0.6) is 0 Å². The first kappa shape index (κ1) is 13.6. The summed E-state index contributed by atoms with van der Waals surface area (Å²) in [5, 5.41) is 2.88. The van der Waals surface area contributed by atoms with E-state index in [0.29, 0.717) is 12.3 Å². The average Bonchev–Trinajstić information content (AvgIpc) is 3.19. The van der Waals surface area contributed by atoms with Crippen molar-refractivity contribution in [2.45, 2.75) is 38.3 Å². The third kappa shape index (κ3) is 3.41. The minimum absolute atomic E-state index is 0.145. The molecule has 20 heavy (non-hydrogen) atoms. The summed E-state index contributed by atoms with van der Waals surface area (Å²) in [6.45, 7) is 4.43. The summed E-state index contributed by atoms with van der Waals surface area (Å²) in [5.74, 6) is 1.12. The van der Waals surface area contributed by atoms with Crippen LogP contribution in [0.25, 0.3) is 0 Å². The number of rotatable bonds is 5. The fourth-order valence-corrected chi connectivity index (χ4v) is 2.85. The third-order valence-electron chi connectivity index (χ3n) is 3.98. The average molecular weight is 278 g/mol. The second-order valence-electron chi connectivity index (χ2n) is 5.59. The van der Waals surface area contributed by atoms with Crippen molar-refractivity contribution < 1.29 is 13.9 Å². The van der Waals surface area contributed by atoms with E-state index in [2.05, 4.69) is 10.2 Å². The van der Waals surface area contributed by atoms with Crippen LogP contribution in [-0.2, 0) is 11.3 Å². The Morgan fingerprint density at radius 1 is 1.30 bits per heavy atom. The largest absolute Gasteiger partial charge is 0.455 e. The Bertz CT molecular complexity index is 446. The molecule has 0 aliphatic carbocycles. The first-order chi connectivity index (χ1) is 9.81. The zero-order chi connectivity index (χ0) is 13.8. The van der Waals surface area contributed by atoms with E-state index in [1.807, 2.05) is 6.07 Å². The van der Waals surface area contributed by atoms with Crippen molar-refractivity contribution in [2.24, 2.45) is 0 Å². The van der Waals surface area contributed by atoms with Crippen LogP contribution in [0, 0.1) is 0 Å². The summed E-state index contributed by atoms with van der Waals surface area (Å²) >= 11 is 0. The van der Waals surface area contributed by atoms with Gasteiger partial charge in [0.1, 0.15) is 5.76 Å². The van der Waals surface area contributed by atoms with Gasteiger partial charge in [0.15, 0.2) is 5.76 Å². The van der Waals surface area contributed by atoms with Crippen LogP contribution in [-0.4, -0.2) is 43.2 Å². The van der Waals surface area contributed by atoms with Crippen molar-refractivity contribution in [1.82, 2.24) is 10.2 Å². The molecule has 1 unspecified atom stereocenters. The van der Waals surface area contributed by atoms with Crippen molar-refractivity contribution in [1.29, 1.82) is 0 Å². The van der Waals surface area contributed by atoms with Gasteiger partial charge in [-0.25, -0.2) is 0 Å². The van der Waals surface area contributed by atoms with E-state index < -0.39 is 0 Å². The molecule has 1 N–H and O–H groups in total. The van der Waals surface area contributed by atoms with E-state index in [9.17, 15) is 4.79 Å². The van der Waals surface area contributed by atoms with Gasteiger partial charge >= 0.3 is 0 Å². The molecule has 3 heterocycles. The molecule has 0 radical (unpaired) electrons. The van der Waals surface area contributed by atoms with E-state index in [4.69, 9.17) is 9.15 Å². The van der Waals surface area contributed by atoms with Crippen LogP contribution in [0.3, 0.4) is 0 Å². The predicted octanol–water partition coefficient (Wildman–Crippen LogP) is 1.78. The third-order valence-corrected chi connectivity index (χ3v) is 3.98. The number of furan rings is 1. The molecule has 2 aliphatic rings. The van der Waals surface area contributed by atoms with Gasteiger partial charge in [0.05, 0.1) is 12.6 Å². The fourth-order valence-electron chi connectivity index (χ4n) is 2.85. The zero-order valence-electron chi connectivity index (χ0n) is 11.8. The number of carbonyl (C=O) groups excluding carboxylic acids is 1. The molecule has 1 amide bonds. The van der Waals surface area contributed by atoms with E-state index in [1.165, 1.54) is 12.8 Å². The minimum Gasteiger partial charge on any atom is -0.455 e. The number of nitrogens with one attached hydrogen (secondary N) is 1. The van der Waals surface area contributed by atoms with Gasteiger partial charge in [0.25, 0.3) is 5.91 Å². The predicted molar refractivity (Wildman–Crippen MR) is 74.5 cm³/mol. The molecular formula is C15H22N2O3. The Labute approximate surface area is 119 Å². The molecule has 5 heteroatoms. The van der Waals surface area contributed by atoms with Gasteiger partial charge in [0.2, 0.25) is 0 Å². The molecule has 0 saturated carbocycles. The molecule has 2 fully saturated rings. The molecule has 0 bridgehead atoms. The topological polar surface area (TPSA) is 54.7 Å². The van der Waals surface area contributed by atoms with E-state index in [0.717, 1.165) is 44.8 Å². The van der Waals surface area contributed by atoms with Crippen molar-refractivity contribution >= 4 is 5.91 Å². The summed E-state index contributed by atoms with van der Waals surface area (Å²) in [5.41, 5.74) is 0. The highest BCUT2D eigenvalue weighted by Crippen LogP contribution is 2.15. The van der Waals surface area contributed by atoms with Crippen LogP contribution < -0.4 is 5.32 Å². The minimum atomic E-state index is -0.145. The second-order valence-corrected chi connectivity index (χ2v) is 5.59. The summed E-state index contributed by atoms with van der Waals surface area (Å²) < 4.78 is 11.1. The lowest BCUT2D eigenvalue weighted by molar-refractivity contribution is 0.0832. The van der Waals surface area contributed by atoms with Crippen LogP contribution in [0.1, 0.15) is 42.0 Å². The highest BCUT2D eigenvalue weighted by atomic mass is 16.5. The summed E-state index contributed by atoms with van der Waals surface area (Å²) in [6, 6.07) is 3.66. The Kier molecular flexibility index (Phi) is 4.38. The molecule has 3 rings (SSSR count). The van der Waals surface area contributed by atoms with Gasteiger partial charge in [-0.1, -0.05) is 0 Å². The van der Waals surface area contributed by atoms with E-state index >= 15 is 0 Å². The highest BCUT2D eigenvalue weighted by Gasteiger charge is 2.19. The standard InChI is InChI=1S/C15H22N2O3/c18-15(16-10-12-4-3-9-19-12)14-6-5-13(20-14)11-17-7-1-2-8-17/h5-6,12H,1-4,7-11H2,(H,16,18). The summed E-state index contributed by atoms with van der Waals surface area (Å²) in [6.07, 6.45) is 4.79. The highest BCUT2D eigenvalue weighted by molar-refractivity contribution is 5.91. The molecule has 0 aromatic carbocycles. The maximum absolute atomic E-state index is 12.0. The normalized spacial score (nSPS) is 23.3. The van der Waals surface area contributed by atoms with Gasteiger partial charge < -0.3 is 14.5 Å². The lowest BCUT2D eigenvalue weighted by Crippen LogP contribution is -2.31. The second kappa shape index (κ2) is 6.41. The smallest absolute Gasteiger partial charge is 0.287 e. The van der Waals surface area contributed by atoms with Crippen LogP contribution in [0.15, 0.2) is 16.5 Å². The lowest BCUT2D eigenvalue weighted by atomic mass is 10.2. The first-order valence-corrected chi connectivity index (χ1v) is 7.52. The molecule has 110 valence electrons. The first-order valence-electron chi connectivity index (χ1n) is 7.52. The summed E-state index contributed by atoms with van der Waals surface area (Å²) in [7, 11) is 0. The van der Waals surface area contributed by atoms with Gasteiger partial charge in [-0.3, -0.25) is 9.69 Å². The van der Waals surface area contributed by atoms with E-state index in [1.54, 1.807) is 6.07 Å². The van der Waals surface area contributed by atoms with Gasteiger partial charge in [0, 0.05) is 13.2 Å². The SMILES string of the molecule is O=C(NCC1CCCO1)c1ccc(CN2CCCC2)o1. The molecule has 1 atom stereocenters. The molecule has 1 aromatic heterocycles. The quantitative estimate of drug-likeness (QED) is 0.892. The molecule has 2 aliphatic heterocycles. The van der Waals surface area contributed by atoms with E-state index in [-0.39, 0.29) is 12.0 Å². The number of hydrogen-bond acceptors (Lipinski definition) is 4. The number of likely N-dealkylation sites (tertiary alicyclic amines) is 1. The van der Waals surface area contributed by atoms with Crippen molar-refractivity contribution in [3.63, 3.8) is 0 Å². The Balaban J connectivity index is 1.48. The number of carbonyl (C=O) groups is 1. The molecule has 2 saturated heterocycles. The Morgan fingerprint density at radius 2 is 2.15 bits per heavy atom. The summed E-state index contributed by atoms with van der Waals surface area (Å²) in [4.78, 5) is 14.3. The monoisotopic (exact) mass is 278 g/mol. The van der Waals surface area contributed by atoms with Crippen LogP contribution in [0.4, 0.5) is 0 Å². The number of nitrogens with zero attached hydrogens (tertiary/aromatic N) is 1. The number of amides is 1. The van der Waals surface area contributed by atoms with Gasteiger partial charge in [-0.15, -0.1) is 0 Å². The molecular weight excluding hydrogens is 256 g/mol. The Hall–Kier alpha value is -1.33. The van der Waals surface area contributed by atoms with Crippen molar-refractivity contribution in [3.8, 4) is 0 Å². The number of ether oxygens (including phenoxy) is 1. The van der Waals surface area contributed by atoms with Gasteiger partial charge in [-0.05, 0) is 50.9 Å². The lowest BCUT2D eigenvalue weighted by Gasteiger charge is -2.12. The fraction of sp³-hybridized carbons (Fsp3) is 0.667.